The van der Waals surface area contributed by atoms with Crippen molar-refractivity contribution < 1.29 is 9.47 Å². The van der Waals surface area contributed by atoms with Crippen LogP contribution in [0, 0.1) is 0 Å². The third-order valence-electron chi connectivity index (χ3n) is 6.08. The summed E-state index contributed by atoms with van der Waals surface area (Å²) in [6.45, 7) is 0. The van der Waals surface area contributed by atoms with E-state index in [1.807, 2.05) is 73.1 Å². The van der Waals surface area contributed by atoms with E-state index in [1.54, 1.807) is 14.2 Å². The number of H-pyrrole nitrogens is 2. The number of hydrogen-bond acceptors (Lipinski definition) is 4. The minimum Gasteiger partial charge on any atom is -0.497 e. The second kappa shape index (κ2) is 11.3. The van der Waals surface area contributed by atoms with Crippen molar-refractivity contribution in [3.8, 4) is 22.8 Å². The van der Waals surface area contributed by atoms with E-state index in [0.717, 1.165) is 50.6 Å². The molecule has 0 fully saturated rings. The van der Waals surface area contributed by atoms with Gasteiger partial charge in [0.2, 0.25) is 0 Å². The van der Waals surface area contributed by atoms with Gasteiger partial charge in [0.15, 0.2) is 0 Å². The van der Waals surface area contributed by atoms with Gasteiger partial charge in [0.1, 0.15) is 29.2 Å². The smallest absolute Gasteiger partial charge is 0.131 e. The Morgan fingerprint density at radius 3 is 2.50 bits per heavy atom. The second-order valence-electron chi connectivity index (χ2n) is 8.20. The molecule has 0 aliphatic carbocycles. The summed E-state index contributed by atoms with van der Waals surface area (Å²) in [5.41, 5.74) is 11.3. The normalized spacial score (nSPS) is 12.2. The zero-order valence-corrected chi connectivity index (χ0v) is 22.4. The lowest BCUT2D eigenvalue weighted by Crippen LogP contribution is -2.16. The molecule has 36 heavy (non-hydrogen) atoms. The van der Waals surface area contributed by atoms with Gasteiger partial charge in [0, 0.05) is 34.6 Å². The fourth-order valence-corrected chi connectivity index (χ4v) is 4.23. The van der Waals surface area contributed by atoms with Crippen molar-refractivity contribution in [3.05, 3.63) is 102 Å². The summed E-state index contributed by atoms with van der Waals surface area (Å²) in [7, 11) is 3.30. The van der Waals surface area contributed by atoms with Crippen LogP contribution in [0.2, 0.25) is 0 Å². The molecule has 0 aliphatic heterocycles. The maximum absolute atomic E-state index is 6.47. The molecule has 8 heteroatoms. The zero-order valence-electron chi connectivity index (χ0n) is 20.1. The van der Waals surface area contributed by atoms with Crippen LogP contribution in [-0.2, 0) is 6.42 Å². The number of hydrogen-bond donors (Lipinski definition) is 3. The van der Waals surface area contributed by atoms with Crippen LogP contribution in [0.3, 0.4) is 0 Å². The predicted octanol–water partition coefficient (Wildman–Crippen LogP) is 5.88. The Bertz CT molecular complexity index is 1470. The number of benzene rings is 3. The van der Waals surface area contributed by atoms with Crippen LogP contribution in [0.15, 0.2) is 90.2 Å². The molecule has 5 aromatic rings. The van der Waals surface area contributed by atoms with Crippen LogP contribution in [0.1, 0.15) is 23.0 Å². The highest BCUT2D eigenvalue weighted by molar-refractivity contribution is 14.0. The van der Waals surface area contributed by atoms with Crippen LogP contribution >= 0.6 is 24.0 Å². The Balaban J connectivity index is 0.00000304. The van der Waals surface area contributed by atoms with Gasteiger partial charge in [0.25, 0.3) is 0 Å². The van der Waals surface area contributed by atoms with Gasteiger partial charge in [-0.1, -0.05) is 30.3 Å². The average Bonchev–Trinajstić information content (AvgIpc) is 3.56. The molecule has 0 amide bonds. The van der Waals surface area contributed by atoms with E-state index in [2.05, 4.69) is 22.1 Å². The summed E-state index contributed by atoms with van der Waals surface area (Å²) in [6, 6.07) is 23.3. The Morgan fingerprint density at radius 2 is 1.72 bits per heavy atom. The number of nitrogens with one attached hydrogen (secondary N) is 2. The van der Waals surface area contributed by atoms with Crippen molar-refractivity contribution in [1.82, 2.24) is 15.0 Å². The SMILES string of the molecule is COc1ccc(C(N)=N[C@H](Cc2c[nH]c3ccccc23)c2ncc(-c3ccccc3OC)[nH]2)cc1.I. The molecule has 0 unspecified atom stereocenters. The van der Waals surface area contributed by atoms with Crippen molar-refractivity contribution in [2.75, 3.05) is 14.2 Å². The van der Waals surface area contributed by atoms with Crippen molar-refractivity contribution in [1.29, 1.82) is 0 Å². The average molecular weight is 593 g/mol. The molecule has 4 N–H and O–H groups in total. The lowest BCUT2D eigenvalue weighted by molar-refractivity contribution is 0.415. The van der Waals surface area contributed by atoms with Gasteiger partial charge >= 0.3 is 0 Å². The van der Waals surface area contributed by atoms with Gasteiger partial charge in [0.05, 0.1) is 26.1 Å². The third-order valence-corrected chi connectivity index (χ3v) is 6.08. The first-order valence-corrected chi connectivity index (χ1v) is 11.4. The van der Waals surface area contributed by atoms with Gasteiger partial charge in [-0.05, 0) is 48.0 Å². The maximum atomic E-state index is 6.47. The number of para-hydroxylation sites is 2. The number of ether oxygens (including phenoxy) is 2. The summed E-state index contributed by atoms with van der Waals surface area (Å²) in [6.07, 6.45) is 4.47. The number of methoxy groups -OCH3 is 2. The van der Waals surface area contributed by atoms with Gasteiger partial charge in [-0.2, -0.15) is 0 Å². The van der Waals surface area contributed by atoms with Crippen LogP contribution in [0.4, 0.5) is 0 Å². The summed E-state index contributed by atoms with van der Waals surface area (Å²) in [5, 5.41) is 1.16. The van der Waals surface area contributed by atoms with E-state index in [4.69, 9.17) is 25.2 Å². The number of halogens is 1. The van der Waals surface area contributed by atoms with Crippen molar-refractivity contribution in [2.45, 2.75) is 12.5 Å². The van der Waals surface area contributed by atoms with E-state index >= 15 is 0 Å². The molecule has 184 valence electrons. The lowest BCUT2D eigenvalue weighted by Gasteiger charge is -2.12. The standard InChI is InChI=1S/C28H27N5O2.HI/c1-34-20-13-11-18(12-14-20)27(29)32-24(15-19-16-30-23-9-5-3-7-21(19)23)28-31-17-25(33-28)22-8-4-6-10-26(22)35-2;/h3-14,16-17,24,30H,15H2,1-2H3,(H2,29,32)(H,31,33);1H/t24-;/m1./s1. The number of fused-ring (bicyclic) bond motifs is 1. The highest BCUT2D eigenvalue weighted by Gasteiger charge is 2.19. The van der Waals surface area contributed by atoms with Crippen molar-refractivity contribution >= 4 is 40.7 Å². The number of aliphatic imine (C=N–C) groups is 1. The largest absolute Gasteiger partial charge is 0.497 e. The van der Waals surface area contributed by atoms with E-state index < -0.39 is 0 Å². The molecule has 0 saturated carbocycles. The number of rotatable bonds is 8. The van der Waals surface area contributed by atoms with E-state index in [1.165, 1.54) is 0 Å². The molecule has 0 radical (unpaired) electrons. The monoisotopic (exact) mass is 593 g/mol. The molecule has 1 atom stereocenters. The molecule has 0 aliphatic rings. The van der Waals surface area contributed by atoms with Gasteiger partial charge < -0.3 is 25.2 Å². The minimum absolute atomic E-state index is 0. The fraction of sp³-hybridized carbons (Fsp3) is 0.143. The predicted molar refractivity (Wildman–Crippen MR) is 154 cm³/mol. The van der Waals surface area contributed by atoms with Gasteiger partial charge in [-0.3, -0.25) is 4.99 Å². The van der Waals surface area contributed by atoms with Crippen LogP contribution in [0.5, 0.6) is 11.5 Å². The number of aromatic amines is 2. The van der Waals surface area contributed by atoms with Crippen molar-refractivity contribution in [2.24, 2.45) is 10.7 Å². The summed E-state index contributed by atoms with van der Waals surface area (Å²) in [5.74, 6) is 2.71. The molecule has 0 saturated heterocycles. The highest BCUT2D eigenvalue weighted by Crippen LogP contribution is 2.31. The Labute approximate surface area is 226 Å². The molecule has 7 nitrogen and oxygen atoms in total. The first-order chi connectivity index (χ1) is 17.2. The molecular formula is C28H28IN5O2. The van der Waals surface area contributed by atoms with Gasteiger partial charge in [-0.25, -0.2) is 4.98 Å². The third kappa shape index (κ3) is 5.23. The summed E-state index contributed by atoms with van der Waals surface area (Å²) >= 11 is 0. The van der Waals surface area contributed by atoms with Crippen LogP contribution in [0.25, 0.3) is 22.2 Å². The van der Waals surface area contributed by atoms with Crippen molar-refractivity contribution in [3.63, 3.8) is 0 Å². The first kappa shape index (κ1) is 25.3. The number of nitrogens with zero attached hydrogens (tertiary/aromatic N) is 2. The number of amidine groups is 1. The highest BCUT2D eigenvalue weighted by atomic mass is 127. The molecule has 2 heterocycles. The van der Waals surface area contributed by atoms with Crippen LogP contribution < -0.4 is 15.2 Å². The fourth-order valence-electron chi connectivity index (χ4n) is 4.23. The van der Waals surface area contributed by atoms with Crippen LogP contribution in [-0.4, -0.2) is 35.0 Å². The maximum Gasteiger partial charge on any atom is 0.131 e. The number of nitrogens with two attached hydrogens (primary N) is 1. The number of imidazole rings is 1. The summed E-state index contributed by atoms with van der Waals surface area (Å²) < 4.78 is 10.8. The first-order valence-electron chi connectivity index (χ1n) is 11.4. The second-order valence-corrected chi connectivity index (χ2v) is 8.20. The molecular weight excluding hydrogens is 565 g/mol. The number of aromatic nitrogens is 3. The minimum atomic E-state index is -0.320. The Kier molecular flexibility index (Phi) is 7.94. The molecule has 2 aromatic heterocycles. The summed E-state index contributed by atoms with van der Waals surface area (Å²) in [4.78, 5) is 16.4. The molecule has 0 spiro atoms. The van der Waals surface area contributed by atoms with E-state index in [9.17, 15) is 0 Å². The lowest BCUT2D eigenvalue weighted by atomic mass is 10.0. The van der Waals surface area contributed by atoms with Gasteiger partial charge in [-0.15, -0.1) is 24.0 Å². The topological polar surface area (TPSA) is 101 Å². The van der Waals surface area contributed by atoms with E-state index in [0.29, 0.717) is 12.3 Å². The van der Waals surface area contributed by atoms with E-state index in [-0.39, 0.29) is 30.0 Å². The molecule has 5 rings (SSSR count). The molecule has 0 bridgehead atoms. The molecule has 3 aromatic carbocycles. The Hall–Kier alpha value is -3.79. The Morgan fingerprint density at radius 1 is 0.972 bits per heavy atom. The zero-order chi connectivity index (χ0) is 24.2. The quantitative estimate of drug-likeness (QED) is 0.119.